The summed E-state index contributed by atoms with van der Waals surface area (Å²) in [5.74, 6) is -10.1. The number of hydrogen-bond donors (Lipinski definition) is 1. The molecule has 2 aromatic rings. The van der Waals surface area contributed by atoms with Gasteiger partial charge in [-0.15, -0.1) is 0 Å². The highest BCUT2D eigenvalue weighted by Crippen LogP contribution is 2.49. The number of phenols is 1. The standard InChI is InChI=1S/C8Cl5F3O2.C6HCl5O.C4F6O3/c9-1-2(10)4(12)6(5(13)3(1)11)18-7(17)8(14,15)16;7-1-2(8)4(10)6(12)5(11)3(1)9;5-3(6,7)1(11)13-2(12)4(8,9)10/h;12H;. The van der Waals surface area contributed by atoms with Gasteiger partial charge < -0.3 is 14.6 Å². The molecule has 0 heterocycles. The number of ether oxygens (including phenoxy) is 2. The van der Waals surface area contributed by atoms with Gasteiger partial charge in [0, 0.05) is 0 Å². The first-order chi connectivity index (χ1) is 19.1. The first kappa shape index (κ1) is 42.1. The Bertz CT molecular complexity index is 1250. The number of aromatic hydroxyl groups is 1. The van der Waals surface area contributed by atoms with Crippen molar-refractivity contribution in [2.45, 2.75) is 18.5 Å². The summed E-state index contributed by atoms with van der Waals surface area (Å²) in [6.07, 6.45) is -16.5. The number of esters is 3. The molecule has 0 saturated heterocycles. The van der Waals surface area contributed by atoms with E-state index in [0.717, 1.165) is 0 Å². The molecule has 0 radical (unpaired) electrons. The van der Waals surface area contributed by atoms with Crippen molar-refractivity contribution < 1.29 is 68.5 Å². The van der Waals surface area contributed by atoms with Crippen LogP contribution in [0.1, 0.15) is 0 Å². The minimum atomic E-state index is -5.62. The fraction of sp³-hybridized carbons (Fsp3) is 0.167. The summed E-state index contributed by atoms with van der Waals surface area (Å²) in [5.41, 5.74) is 0. The van der Waals surface area contributed by atoms with Crippen molar-refractivity contribution in [3.63, 3.8) is 0 Å². The predicted octanol–water partition coefficient (Wildman–Crippen LogP) is 11.3. The second-order valence-corrected chi connectivity index (χ2v) is 10.2. The lowest BCUT2D eigenvalue weighted by Gasteiger charge is -2.13. The maximum absolute atomic E-state index is 12.0. The topological polar surface area (TPSA) is 89.9 Å². The number of carbonyl (C=O) groups is 3. The largest absolute Gasteiger partial charge is 0.505 e. The number of rotatable bonds is 1. The van der Waals surface area contributed by atoms with Gasteiger partial charge in [-0.05, 0) is 0 Å². The molecule has 0 amide bonds. The number of benzene rings is 2. The van der Waals surface area contributed by atoms with E-state index in [1.807, 2.05) is 0 Å². The summed E-state index contributed by atoms with van der Waals surface area (Å²) in [7, 11) is 0. The Hall–Kier alpha value is -0.880. The third-order valence-corrected chi connectivity index (χ3v) is 7.93. The van der Waals surface area contributed by atoms with Crippen LogP contribution in [-0.2, 0) is 19.1 Å². The van der Waals surface area contributed by atoms with E-state index in [0.29, 0.717) is 0 Å². The number of carbonyl (C=O) groups excluding carboxylic acids is 3. The smallest absolute Gasteiger partial charge is 0.491 e. The highest BCUT2D eigenvalue weighted by Gasteiger charge is 2.49. The van der Waals surface area contributed by atoms with Gasteiger partial charge in [-0.2, -0.15) is 39.5 Å². The van der Waals surface area contributed by atoms with Crippen LogP contribution in [0.3, 0.4) is 0 Å². The molecule has 0 atom stereocenters. The highest BCUT2D eigenvalue weighted by atomic mass is 35.5. The van der Waals surface area contributed by atoms with Crippen molar-refractivity contribution in [3.8, 4) is 11.5 Å². The average molecular weight is 839 g/mol. The van der Waals surface area contributed by atoms with E-state index in [4.69, 9.17) is 116 Å². The maximum Gasteiger partial charge on any atom is 0.491 e. The molecule has 2 aromatic carbocycles. The van der Waals surface area contributed by atoms with Gasteiger partial charge in [0.2, 0.25) is 0 Å². The third-order valence-electron chi connectivity index (χ3n) is 3.43. The molecular weight excluding hydrogens is 838 g/mol. The molecule has 1 N–H and O–H groups in total. The van der Waals surface area contributed by atoms with Crippen molar-refractivity contribution in [1.82, 2.24) is 0 Å². The van der Waals surface area contributed by atoms with Crippen LogP contribution in [-0.4, -0.2) is 41.5 Å². The van der Waals surface area contributed by atoms with Gasteiger partial charge in [-0.1, -0.05) is 116 Å². The molecule has 0 unspecified atom stereocenters. The summed E-state index contributed by atoms with van der Waals surface area (Å²) in [5, 5.41) is 6.90. The van der Waals surface area contributed by atoms with Crippen LogP contribution in [0.25, 0.3) is 0 Å². The molecule has 25 heteroatoms. The summed E-state index contributed by atoms with van der Waals surface area (Å²) in [4.78, 5) is 30.0. The zero-order chi connectivity index (χ0) is 34.6. The maximum atomic E-state index is 12.0. The molecule has 0 aliphatic carbocycles. The van der Waals surface area contributed by atoms with Crippen LogP contribution >= 0.6 is 116 Å². The monoisotopic (exact) mass is 834 g/mol. The summed E-state index contributed by atoms with van der Waals surface area (Å²) in [6.45, 7) is 0. The lowest BCUT2D eigenvalue weighted by Crippen LogP contribution is -2.34. The van der Waals surface area contributed by atoms with Crippen molar-refractivity contribution in [2.75, 3.05) is 0 Å². The average Bonchev–Trinajstić information content (AvgIpc) is 2.88. The lowest BCUT2D eigenvalue weighted by molar-refractivity contribution is -0.221. The van der Waals surface area contributed by atoms with E-state index in [-0.39, 0.29) is 45.9 Å². The Morgan fingerprint density at radius 1 is 0.442 bits per heavy atom. The fourth-order valence-corrected chi connectivity index (χ4v) is 3.94. The molecule has 242 valence electrons. The molecule has 0 bridgehead atoms. The summed E-state index contributed by atoms with van der Waals surface area (Å²) >= 11 is 55.8. The Morgan fingerprint density at radius 3 is 0.930 bits per heavy atom. The Labute approximate surface area is 281 Å². The van der Waals surface area contributed by atoms with Crippen LogP contribution in [0, 0.1) is 0 Å². The third kappa shape index (κ3) is 11.8. The second kappa shape index (κ2) is 16.1. The molecule has 0 aliphatic rings. The van der Waals surface area contributed by atoms with E-state index in [1.165, 1.54) is 0 Å². The first-order valence-corrected chi connectivity index (χ1v) is 12.8. The van der Waals surface area contributed by atoms with Gasteiger partial charge in [-0.25, -0.2) is 14.4 Å². The molecular formula is C18HCl10F9O6. The van der Waals surface area contributed by atoms with Gasteiger partial charge in [0.1, 0.15) is 20.1 Å². The SMILES string of the molecule is O=C(OC(=O)C(F)(F)F)C(F)(F)F.O=C(Oc1c(Cl)c(Cl)c(Cl)c(Cl)c1Cl)C(F)(F)F.Oc1c(Cl)c(Cl)c(Cl)c(Cl)c1Cl. The van der Waals surface area contributed by atoms with E-state index in [1.54, 1.807) is 0 Å². The molecule has 0 fully saturated rings. The first-order valence-electron chi connectivity index (χ1n) is 8.99. The Balaban J connectivity index is 0.000000633. The van der Waals surface area contributed by atoms with E-state index in [9.17, 15) is 59.0 Å². The number of halogens is 19. The van der Waals surface area contributed by atoms with E-state index in [2.05, 4.69) is 9.47 Å². The number of phenolic OH excluding ortho intramolecular Hbond substituents is 1. The fourth-order valence-electron chi connectivity index (χ4n) is 1.62. The minimum Gasteiger partial charge on any atom is -0.505 e. The second-order valence-electron chi connectivity index (χ2n) is 6.38. The van der Waals surface area contributed by atoms with Crippen LogP contribution in [0.4, 0.5) is 39.5 Å². The van der Waals surface area contributed by atoms with Gasteiger partial charge in [0.25, 0.3) is 0 Å². The molecule has 0 spiro atoms. The molecule has 2 rings (SSSR count). The number of hydrogen-bond acceptors (Lipinski definition) is 6. The normalized spacial score (nSPS) is 11.5. The Morgan fingerprint density at radius 2 is 0.674 bits per heavy atom. The van der Waals surface area contributed by atoms with Crippen molar-refractivity contribution >= 4 is 134 Å². The van der Waals surface area contributed by atoms with Crippen molar-refractivity contribution in [2.24, 2.45) is 0 Å². The lowest BCUT2D eigenvalue weighted by atomic mass is 10.3. The highest BCUT2D eigenvalue weighted by molar-refractivity contribution is 6.56. The zero-order valence-electron chi connectivity index (χ0n) is 18.7. The molecule has 0 saturated carbocycles. The molecule has 6 nitrogen and oxygen atoms in total. The minimum absolute atomic E-state index is 0.00904. The van der Waals surface area contributed by atoms with Gasteiger partial charge in [0.05, 0.1) is 30.1 Å². The van der Waals surface area contributed by atoms with Crippen LogP contribution in [0.15, 0.2) is 0 Å². The summed E-state index contributed by atoms with van der Waals surface area (Å²) in [6, 6.07) is 0. The molecule has 43 heavy (non-hydrogen) atoms. The van der Waals surface area contributed by atoms with E-state index < -0.39 is 52.2 Å². The molecule has 0 aliphatic heterocycles. The number of alkyl halides is 9. The van der Waals surface area contributed by atoms with Crippen LogP contribution < -0.4 is 4.74 Å². The Kier molecular flexibility index (Phi) is 15.8. The molecule has 0 aromatic heterocycles. The van der Waals surface area contributed by atoms with Gasteiger partial charge in [-0.3, -0.25) is 0 Å². The zero-order valence-corrected chi connectivity index (χ0v) is 26.2. The quantitative estimate of drug-likeness (QED) is 0.0768. The van der Waals surface area contributed by atoms with Crippen molar-refractivity contribution in [1.29, 1.82) is 0 Å². The van der Waals surface area contributed by atoms with Crippen molar-refractivity contribution in [3.05, 3.63) is 50.2 Å². The predicted molar refractivity (Wildman–Crippen MR) is 140 cm³/mol. The van der Waals surface area contributed by atoms with Gasteiger partial charge in [0.15, 0.2) is 11.5 Å². The van der Waals surface area contributed by atoms with Crippen LogP contribution in [0.5, 0.6) is 11.5 Å². The summed E-state index contributed by atoms with van der Waals surface area (Å²) < 4.78 is 110. The van der Waals surface area contributed by atoms with E-state index >= 15 is 0 Å². The van der Waals surface area contributed by atoms with Gasteiger partial charge >= 0.3 is 36.4 Å². The van der Waals surface area contributed by atoms with Crippen LogP contribution in [0.2, 0.25) is 50.2 Å².